The molecule has 112 valence electrons. The summed E-state index contributed by atoms with van der Waals surface area (Å²) in [4.78, 5) is 12.6. The van der Waals surface area contributed by atoms with Crippen molar-refractivity contribution in [2.75, 3.05) is 0 Å². The van der Waals surface area contributed by atoms with Crippen LogP contribution in [0, 0.1) is 0 Å². The van der Waals surface area contributed by atoms with E-state index in [0.717, 1.165) is 24.0 Å². The molecule has 0 heterocycles. The van der Waals surface area contributed by atoms with Crippen LogP contribution in [0.1, 0.15) is 74.0 Å². The first kappa shape index (κ1) is 14.4. The number of fused-ring (bicyclic) bond motifs is 2. The maximum Gasteiger partial charge on any atom is 0.190 e. The van der Waals surface area contributed by atoms with Crippen LogP contribution in [0.5, 0.6) is 0 Å². The summed E-state index contributed by atoms with van der Waals surface area (Å²) in [6.45, 7) is 9.23. The Hall–Kier alpha value is -1.57. The number of aryl methyl sites for hydroxylation is 1. The molecule has 3 rings (SSSR count). The van der Waals surface area contributed by atoms with Gasteiger partial charge in [0.2, 0.25) is 0 Å². The second kappa shape index (κ2) is 4.46. The Morgan fingerprint density at radius 3 is 2.14 bits per heavy atom. The van der Waals surface area contributed by atoms with E-state index in [1.807, 2.05) is 0 Å². The number of rotatable bonds is 0. The molecule has 0 amide bonds. The average molecular weight is 283 g/mol. The van der Waals surface area contributed by atoms with E-state index < -0.39 is 0 Å². The third kappa shape index (κ3) is 2.12. The first-order valence-corrected chi connectivity index (χ1v) is 7.90. The first-order chi connectivity index (χ1) is 9.76. The normalized spacial score (nSPS) is 24.6. The molecule has 0 spiro atoms. The van der Waals surface area contributed by atoms with Crippen LogP contribution in [0.2, 0.25) is 0 Å². The topological polar surface area (TPSA) is 43.1 Å². The zero-order valence-corrected chi connectivity index (χ0v) is 13.5. The molecule has 0 aromatic heterocycles. The minimum atomic E-state index is 0.126. The Bertz CT molecular complexity index is 650. The molecule has 0 saturated heterocycles. The molecule has 0 atom stereocenters. The van der Waals surface area contributed by atoms with Gasteiger partial charge in [0.25, 0.3) is 0 Å². The number of ketones is 1. The van der Waals surface area contributed by atoms with Crippen molar-refractivity contribution in [1.82, 2.24) is 0 Å². The van der Waals surface area contributed by atoms with Crippen LogP contribution in [0.15, 0.2) is 23.9 Å². The van der Waals surface area contributed by atoms with Gasteiger partial charge in [0.15, 0.2) is 5.78 Å². The quantitative estimate of drug-likeness (QED) is 0.731. The maximum atomic E-state index is 12.6. The molecule has 0 fully saturated rings. The van der Waals surface area contributed by atoms with Crippen LogP contribution >= 0.6 is 0 Å². The van der Waals surface area contributed by atoms with Crippen molar-refractivity contribution in [2.24, 2.45) is 5.73 Å². The van der Waals surface area contributed by atoms with Gasteiger partial charge in [-0.25, -0.2) is 0 Å². The number of carbonyl (C=O) groups excluding carboxylic acids is 1. The fourth-order valence-corrected chi connectivity index (χ4v) is 3.79. The lowest BCUT2D eigenvalue weighted by atomic mass is 9.62. The Morgan fingerprint density at radius 2 is 1.57 bits per heavy atom. The van der Waals surface area contributed by atoms with E-state index in [9.17, 15) is 4.79 Å². The van der Waals surface area contributed by atoms with Gasteiger partial charge < -0.3 is 5.73 Å². The Labute approximate surface area is 127 Å². The Kier molecular flexibility index (Phi) is 3.05. The van der Waals surface area contributed by atoms with Gasteiger partial charge in [-0.2, -0.15) is 0 Å². The zero-order valence-electron chi connectivity index (χ0n) is 13.5. The van der Waals surface area contributed by atoms with Gasteiger partial charge in [-0.3, -0.25) is 4.79 Å². The number of nitrogens with two attached hydrogens (primary N) is 1. The van der Waals surface area contributed by atoms with Crippen molar-refractivity contribution < 1.29 is 4.79 Å². The predicted molar refractivity (Wildman–Crippen MR) is 86.6 cm³/mol. The molecule has 0 unspecified atom stereocenters. The lowest BCUT2D eigenvalue weighted by molar-refractivity contribution is 0.102. The molecule has 0 saturated carbocycles. The standard InChI is InChI=1S/C19H25NO/c1-18(2)7-8-19(3,4)16-10-14-12(9-15(16)18)5-6-13(11-20)17(14)21/h9-11H,5-8,20H2,1-4H3/b13-11+. The van der Waals surface area contributed by atoms with E-state index in [4.69, 9.17) is 5.73 Å². The van der Waals surface area contributed by atoms with Gasteiger partial charge in [-0.1, -0.05) is 33.8 Å². The van der Waals surface area contributed by atoms with E-state index in [1.54, 1.807) is 0 Å². The van der Waals surface area contributed by atoms with Crippen molar-refractivity contribution in [3.8, 4) is 0 Å². The number of carbonyl (C=O) groups is 1. The lowest BCUT2D eigenvalue weighted by Gasteiger charge is -2.42. The number of benzene rings is 1. The molecular formula is C19H25NO. The zero-order chi connectivity index (χ0) is 15.4. The molecular weight excluding hydrogens is 258 g/mol. The lowest BCUT2D eigenvalue weighted by Crippen LogP contribution is -2.35. The smallest absolute Gasteiger partial charge is 0.190 e. The molecule has 1 aromatic rings. The summed E-state index contributed by atoms with van der Waals surface area (Å²) >= 11 is 0. The second-order valence-corrected chi connectivity index (χ2v) is 7.84. The largest absolute Gasteiger partial charge is 0.404 e. The molecule has 2 aliphatic carbocycles. The molecule has 2 N–H and O–H groups in total. The predicted octanol–water partition coefficient (Wildman–Crippen LogP) is 4.01. The Morgan fingerprint density at radius 1 is 1.00 bits per heavy atom. The first-order valence-electron chi connectivity index (χ1n) is 7.90. The minimum absolute atomic E-state index is 0.126. The summed E-state index contributed by atoms with van der Waals surface area (Å²) in [7, 11) is 0. The third-order valence-electron chi connectivity index (χ3n) is 5.48. The van der Waals surface area contributed by atoms with Crippen LogP contribution in [-0.2, 0) is 17.3 Å². The van der Waals surface area contributed by atoms with E-state index >= 15 is 0 Å². The summed E-state index contributed by atoms with van der Waals surface area (Å²) in [5.41, 5.74) is 11.6. The fraction of sp³-hybridized carbons (Fsp3) is 0.526. The summed E-state index contributed by atoms with van der Waals surface area (Å²) in [6.07, 6.45) is 5.55. The number of hydrogen-bond donors (Lipinski definition) is 1. The molecule has 0 bridgehead atoms. The summed E-state index contributed by atoms with van der Waals surface area (Å²) in [5.74, 6) is 0.126. The van der Waals surface area contributed by atoms with Gasteiger partial charge in [-0.05, 0) is 59.3 Å². The van der Waals surface area contributed by atoms with Crippen LogP contribution in [-0.4, -0.2) is 5.78 Å². The highest BCUT2D eigenvalue weighted by atomic mass is 16.1. The van der Waals surface area contributed by atoms with Gasteiger partial charge >= 0.3 is 0 Å². The molecule has 21 heavy (non-hydrogen) atoms. The van der Waals surface area contributed by atoms with E-state index in [0.29, 0.717) is 0 Å². The van der Waals surface area contributed by atoms with Crippen molar-refractivity contribution in [1.29, 1.82) is 0 Å². The van der Waals surface area contributed by atoms with Gasteiger partial charge in [0, 0.05) is 17.3 Å². The molecule has 2 aliphatic rings. The highest BCUT2D eigenvalue weighted by molar-refractivity contribution is 6.10. The SMILES string of the molecule is CC1(C)CCC(C)(C)c2cc3c(cc21)CC/C(=C\N)C3=O. The molecule has 2 heteroatoms. The number of Topliss-reactive ketones (excluding diaryl/α,β-unsaturated/α-hetero) is 1. The van der Waals surface area contributed by atoms with Crippen molar-refractivity contribution in [3.63, 3.8) is 0 Å². The molecule has 0 radical (unpaired) electrons. The maximum absolute atomic E-state index is 12.6. The molecule has 2 nitrogen and oxygen atoms in total. The van der Waals surface area contributed by atoms with Gasteiger partial charge in [0.1, 0.15) is 0 Å². The highest BCUT2D eigenvalue weighted by Crippen LogP contribution is 2.47. The van der Waals surface area contributed by atoms with Gasteiger partial charge in [0.05, 0.1) is 0 Å². The van der Waals surface area contributed by atoms with Crippen molar-refractivity contribution in [2.45, 2.75) is 64.2 Å². The van der Waals surface area contributed by atoms with Crippen LogP contribution in [0.3, 0.4) is 0 Å². The fourth-order valence-electron chi connectivity index (χ4n) is 3.79. The number of allylic oxidation sites excluding steroid dienone is 1. The summed E-state index contributed by atoms with van der Waals surface area (Å²) in [5, 5.41) is 0. The van der Waals surface area contributed by atoms with Gasteiger partial charge in [-0.15, -0.1) is 0 Å². The highest BCUT2D eigenvalue weighted by Gasteiger charge is 2.38. The molecule has 0 aliphatic heterocycles. The third-order valence-corrected chi connectivity index (χ3v) is 5.48. The van der Waals surface area contributed by atoms with Crippen LogP contribution < -0.4 is 5.73 Å². The van der Waals surface area contributed by atoms with Crippen molar-refractivity contribution >= 4 is 5.78 Å². The number of hydrogen-bond acceptors (Lipinski definition) is 2. The van der Waals surface area contributed by atoms with Crippen LogP contribution in [0.25, 0.3) is 0 Å². The minimum Gasteiger partial charge on any atom is -0.404 e. The molecule has 1 aromatic carbocycles. The average Bonchev–Trinajstić information content (AvgIpc) is 2.44. The van der Waals surface area contributed by atoms with E-state index in [2.05, 4.69) is 39.8 Å². The van der Waals surface area contributed by atoms with Crippen molar-refractivity contribution in [3.05, 3.63) is 46.2 Å². The van der Waals surface area contributed by atoms with E-state index in [1.165, 1.54) is 35.7 Å². The van der Waals surface area contributed by atoms with E-state index in [-0.39, 0.29) is 16.6 Å². The summed E-state index contributed by atoms with van der Waals surface area (Å²) < 4.78 is 0. The monoisotopic (exact) mass is 283 g/mol. The summed E-state index contributed by atoms with van der Waals surface area (Å²) in [6, 6.07) is 4.47. The second-order valence-electron chi connectivity index (χ2n) is 7.84. The van der Waals surface area contributed by atoms with Crippen LogP contribution in [0.4, 0.5) is 0 Å². The Balaban J connectivity index is 2.23.